The molecule has 0 saturated heterocycles. The Hall–Kier alpha value is -0.110. The molecule has 1 heterocycles. The van der Waals surface area contributed by atoms with E-state index in [1.807, 2.05) is 47.7 Å². The third-order valence-electron chi connectivity index (χ3n) is 1.95. The Morgan fingerprint density at radius 3 is 2.64 bits per heavy atom. The molecule has 2 rings (SSSR count). The lowest BCUT2D eigenvalue weighted by Gasteiger charge is -2.02. The van der Waals surface area contributed by atoms with Crippen molar-refractivity contribution in [3.8, 4) is 0 Å². The minimum atomic E-state index is -0.258. The van der Waals surface area contributed by atoms with Crippen LogP contribution < -0.4 is 5.63 Å². The number of hydrogen-bond acceptors (Lipinski definition) is 2. The fourth-order valence-corrected chi connectivity index (χ4v) is 2.30. The Morgan fingerprint density at radius 1 is 1.21 bits per heavy atom. The van der Waals surface area contributed by atoms with Gasteiger partial charge in [0, 0.05) is 8.96 Å². The lowest BCUT2D eigenvalue weighted by Crippen LogP contribution is -2.05. The third kappa shape index (κ3) is 1.69. The summed E-state index contributed by atoms with van der Waals surface area (Å²) in [4.78, 5) is 11.4. The van der Waals surface area contributed by atoms with Crippen molar-refractivity contribution in [1.29, 1.82) is 0 Å². The molecule has 2 nitrogen and oxygen atoms in total. The Balaban J connectivity index is 2.99. The number of fused-ring (bicyclic) bond motifs is 1. The van der Waals surface area contributed by atoms with Gasteiger partial charge < -0.3 is 4.42 Å². The highest BCUT2D eigenvalue weighted by Gasteiger charge is 2.09. The van der Waals surface area contributed by atoms with E-state index in [1.165, 1.54) is 5.56 Å². The van der Waals surface area contributed by atoms with Crippen LogP contribution in [0.3, 0.4) is 0 Å². The first-order chi connectivity index (χ1) is 6.59. The fourth-order valence-electron chi connectivity index (χ4n) is 1.26. The Labute approximate surface area is 108 Å². The molecule has 0 radical (unpaired) electrons. The topological polar surface area (TPSA) is 30.2 Å². The zero-order valence-electron chi connectivity index (χ0n) is 7.30. The summed E-state index contributed by atoms with van der Waals surface area (Å²) in [6.45, 7) is 2.02. The Bertz CT molecular complexity index is 558. The maximum absolute atomic E-state index is 11.4. The quantitative estimate of drug-likeness (QED) is 0.491. The van der Waals surface area contributed by atoms with E-state index in [0.29, 0.717) is 9.15 Å². The number of halogens is 2. The molecular formula is C10H6I2O2. The maximum Gasteiger partial charge on any atom is 0.350 e. The molecule has 2 aromatic rings. The van der Waals surface area contributed by atoms with Crippen LogP contribution in [0.2, 0.25) is 0 Å². The van der Waals surface area contributed by atoms with E-state index in [2.05, 4.69) is 22.6 Å². The molecule has 0 unspecified atom stereocenters. The van der Waals surface area contributed by atoms with E-state index < -0.39 is 0 Å². The van der Waals surface area contributed by atoms with Crippen LogP contribution >= 0.6 is 45.2 Å². The molecule has 1 aromatic carbocycles. The minimum absolute atomic E-state index is 0.258. The van der Waals surface area contributed by atoms with Crippen molar-refractivity contribution >= 4 is 56.2 Å². The molecule has 0 atom stereocenters. The molecule has 0 aliphatic rings. The van der Waals surface area contributed by atoms with Gasteiger partial charge in [-0.3, -0.25) is 0 Å². The molecule has 4 heteroatoms. The van der Waals surface area contributed by atoms with E-state index >= 15 is 0 Å². The predicted molar refractivity (Wildman–Crippen MR) is 72.7 cm³/mol. The molecule has 0 amide bonds. The van der Waals surface area contributed by atoms with Crippen LogP contribution in [0.5, 0.6) is 0 Å². The van der Waals surface area contributed by atoms with E-state index in [4.69, 9.17) is 4.42 Å². The second-order valence-corrected chi connectivity index (χ2v) is 5.17. The van der Waals surface area contributed by atoms with Crippen molar-refractivity contribution in [1.82, 2.24) is 0 Å². The van der Waals surface area contributed by atoms with Gasteiger partial charge in [0.25, 0.3) is 0 Å². The average Bonchev–Trinajstić information content (AvgIpc) is 2.16. The summed E-state index contributed by atoms with van der Waals surface area (Å²) in [6.07, 6.45) is 0. The summed E-state index contributed by atoms with van der Waals surface area (Å²) in [5.41, 5.74) is 1.57. The van der Waals surface area contributed by atoms with Gasteiger partial charge in [-0.2, -0.15) is 0 Å². The van der Waals surface area contributed by atoms with E-state index in [9.17, 15) is 4.79 Å². The minimum Gasteiger partial charge on any atom is -0.422 e. The van der Waals surface area contributed by atoms with E-state index in [0.717, 1.165) is 8.96 Å². The van der Waals surface area contributed by atoms with Crippen LogP contribution in [0.4, 0.5) is 0 Å². The molecule has 72 valence electrons. The van der Waals surface area contributed by atoms with Crippen molar-refractivity contribution in [3.05, 3.63) is 41.3 Å². The molecule has 0 saturated carbocycles. The first kappa shape index (κ1) is 10.4. The lowest BCUT2D eigenvalue weighted by molar-refractivity contribution is 0.554. The first-order valence-electron chi connectivity index (χ1n) is 3.98. The van der Waals surface area contributed by atoms with Crippen molar-refractivity contribution in [3.63, 3.8) is 0 Å². The molecular weight excluding hydrogens is 406 g/mol. The van der Waals surface area contributed by atoms with Gasteiger partial charge >= 0.3 is 5.63 Å². The molecule has 0 aliphatic heterocycles. The summed E-state index contributed by atoms with van der Waals surface area (Å²) >= 11 is 4.19. The average molecular weight is 412 g/mol. The van der Waals surface area contributed by atoms with Crippen molar-refractivity contribution in [2.24, 2.45) is 0 Å². The molecule has 0 fully saturated rings. The predicted octanol–water partition coefficient (Wildman–Crippen LogP) is 3.31. The molecule has 0 aliphatic carbocycles. The van der Waals surface area contributed by atoms with Gasteiger partial charge in [0.1, 0.15) is 9.15 Å². The summed E-state index contributed by atoms with van der Waals surface area (Å²) in [5.74, 6) is 0. The molecule has 1 aromatic heterocycles. The summed E-state index contributed by atoms with van der Waals surface area (Å²) in [5, 5.41) is 1.01. The van der Waals surface area contributed by atoms with Gasteiger partial charge in [-0.15, -0.1) is 0 Å². The fraction of sp³-hybridized carbons (Fsp3) is 0.100. The Morgan fingerprint density at radius 2 is 1.93 bits per heavy atom. The van der Waals surface area contributed by atoms with Gasteiger partial charge in [0.15, 0.2) is 0 Å². The summed E-state index contributed by atoms with van der Waals surface area (Å²) in [6, 6.07) is 5.81. The highest BCUT2D eigenvalue weighted by molar-refractivity contribution is 14.1. The van der Waals surface area contributed by atoms with Crippen LogP contribution in [0.25, 0.3) is 11.0 Å². The molecule has 0 N–H and O–H groups in total. The van der Waals surface area contributed by atoms with Gasteiger partial charge in [0.2, 0.25) is 0 Å². The van der Waals surface area contributed by atoms with Crippen LogP contribution in [-0.4, -0.2) is 0 Å². The lowest BCUT2D eigenvalue weighted by atomic mass is 10.2. The number of hydrogen-bond donors (Lipinski definition) is 0. The number of benzene rings is 1. The maximum atomic E-state index is 11.4. The SMILES string of the molecule is Cc1ccc2oc(=O)c(I)c(I)c2c1. The first-order valence-corrected chi connectivity index (χ1v) is 6.14. The van der Waals surface area contributed by atoms with Gasteiger partial charge in [-0.05, 0) is 64.2 Å². The summed E-state index contributed by atoms with van der Waals surface area (Å²) in [7, 11) is 0. The molecule has 14 heavy (non-hydrogen) atoms. The zero-order chi connectivity index (χ0) is 10.3. The van der Waals surface area contributed by atoms with E-state index in [-0.39, 0.29) is 5.63 Å². The largest absolute Gasteiger partial charge is 0.422 e. The molecule has 0 bridgehead atoms. The van der Waals surface area contributed by atoms with Crippen LogP contribution in [0.1, 0.15) is 5.56 Å². The zero-order valence-corrected chi connectivity index (χ0v) is 11.6. The van der Waals surface area contributed by atoms with Crippen molar-refractivity contribution < 1.29 is 4.42 Å². The highest BCUT2D eigenvalue weighted by Crippen LogP contribution is 2.23. The third-order valence-corrected chi connectivity index (χ3v) is 5.08. The highest BCUT2D eigenvalue weighted by atomic mass is 127. The molecule has 0 spiro atoms. The second-order valence-electron chi connectivity index (χ2n) is 3.02. The van der Waals surface area contributed by atoms with Gasteiger partial charge in [-0.1, -0.05) is 11.6 Å². The number of aryl methyl sites for hydroxylation is 1. The monoisotopic (exact) mass is 412 g/mol. The van der Waals surface area contributed by atoms with Crippen LogP contribution in [0, 0.1) is 14.1 Å². The Kier molecular flexibility index (Phi) is 2.83. The van der Waals surface area contributed by atoms with Gasteiger partial charge in [-0.25, -0.2) is 4.79 Å². The van der Waals surface area contributed by atoms with Gasteiger partial charge in [0.05, 0.1) is 0 Å². The smallest absolute Gasteiger partial charge is 0.350 e. The second kappa shape index (κ2) is 3.80. The number of rotatable bonds is 0. The normalized spacial score (nSPS) is 10.8. The standard InChI is InChI=1S/C10H6I2O2/c1-5-2-3-7-6(4-5)8(11)9(12)10(13)14-7/h2-4H,1H3. The van der Waals surface area contributed by atoms with Crippen LogP contribution in [-0.2, 0) is 0 Å². The van der Waals surface area contributed by atoms with Crippen LogP contribution in [0.15, 0.2) is 27.4 Å². The van der Waals surface area contributed by atoms with E-state index in [1.54, 1.807) is 0 Å². The van der Waals surface area contributed by atoms with Crippen molar-refractivity contribution in [2.75, 3.05) is 0 Å². The van der Waals surface area contributed by atoms with Crippen molar-refractivity contribution in [2.45, 2.75) is 6.92 Å². The summed E-state index contributed by atoms with van der Waals surface area (Å²) < 4.78 is 6.78.